The Bertz CT molecular complexity index is 1140. The Hall–Kier alpha value is -2.92. The summed E-state index contributed by atoms with van der Waals surface area (Å²) in [6, 6.07) is 8.75. The molecule has 205 valence electrons. The number of fused-ring (bicyclic) bond motifs is 2. The predicted octanol–water partition coefficient (Wildman–Crippen LogP) is 3.88. The van der Waals surface area contributed by atoms with E-state index in [1.165, 1.54) is 4.90 Å². The van der Waals surface area contributed by atoms with Crippen LogP contribution >= 0.6 is 0 Å². The Morgan fingerprint density at radius 1 is 1.21 bits per heavy atom. The fourth-order valence-corrected chi connectivity index (χ4v) is 6.16. The van der Waals surface area contributed by atoms with Gasteiger partial charge in [-0.2, -0.15) is 5.26 Å². The number of carbonyl (C=O) groups is 3. The van der Waals surface area contributed by atoms with Crippen LogP contribution in [0.3, 0.4) is 0 Å². The molecule has 3 amide bonds. The van der Waals surface area contributed by atoms with Gasteiger partial charge in [0.25, 0.3) is 0 Å². The fourth-order valence-electron chi connectivity index (χ4n) is 6.16. The van der Waals surface area contributed by atoms with Crippen LogP contribution in [0, 0.1) is 40.0 Å². The average molecular weight is 521 g/mol. The fraction of sp³-hybridized carbons (Fsp3) is 0.633. The smallest absolute Gasteiger partial charge is 0.246 e. The van der Waals surface area contributed by atoms with Gasteiger partial charge in [-0.1, -0.05) is 79.0 Å². The minimum atomic E-state index is -0.962. The molecule has 2 aliphatic heterocycles. The molecule has 4 atom stereocenters. The highest BCUT2D eigenvalue weighted by atomic mass is 16.2. The summed E-state index contributed by atoms with van der Waals surface area (Å²) < 4.78 is 0. The van der Waals surface area contributed by atoms with Gasteiger partial charge in [0.1, 0.15) is 12.1 Å². The van der Waals surface area contributed by atoms with Crippen molar-refractivity contribution >= 4 is 23.4 Å². The van der Waals surface area contributed by atoms with Crippen molar-refractivity contribution in [2.24, 2.45) is 28.4 Å². The second-order valence-corrected chi connectivity index (χ2v) is 13.5. The highest BCUT2D eigenvalue weighted by Crippen LogP contribution is 2.47. The molecular formula is C30H42N5O3. The summed E-state index contributed by atoms with van der Waals surface area (Å²) in [7, 11) is 0. The Balaban J connectivity index is 1.62. The van der Waals surface area contributed by atoms with Crippen molar-refractivity contribution in [3.63, 3.8) is 0 Å². The molecule has 1 aromatic carbocycles. The zero-order valence-electron chi connectivity index (χ0n) is 23.6. The molecule has 0 unspecified atom stereocenters. The van der Waals surface area contributed by atoms with Crippen LogP contribution in [-0.2, 0) is 19.8 Å². The van der Waals surface area contributed by atoms with Gasteiger partial charge in [-0.3, -0.25) is 14.4 Å². The maximum Gasteiger partial charge on any atom is 0.246 e. The number of amides is 3. The maximum absolute atomic E-state index is 14.1. The highest BCUT2D eigenvalue weighted by Gasteiger charge is 2.56. The van der Waals surface area contributed by atoms with Gasteiger partial charge in [0.05, 0.1) is 23.4 Å². The van der Waals surface area contributed by atoms with Crippen LogP contribution < -0.4 is 16.4 Å². The molecule has 1 saturated carbocycles. The first-order chi connectivity index (χ1) is 17.7. The molecule has 4 N–H and O–H groups in total. The van der Waals surface area contributed by atoms with E-state index in [0.717, 1.165) is 30.5 Å². The zero-order chi connectivity index (χ0) is 28.0. The second-order valence-electron chi connectivity index (χ2n) is 13.5. The van der Waals surface area contributed by atoms with E-state index < -0.39 is 28.8 Å². The van der Waals surface area contributed by atoms with E-state index in [2.05, 4.69) is 16.7 Å². The lowest BCUT2D eigenvalue weighted by molar-refractivity contribution is -0.139. The number of carbonyl (C=O) groups excluding carboxylic acids is 3. The van der Waals surface area contributed by atoms with Crippen LogP contribution in [0.5, 0.6) is 0 Å². The van der Waals surface area contributed by atoms with Crippen LogP contribution in [0.2, 0.25) is 0 Å². The number of hydrogen-bond acceptors (Lipinski definition) is 5. The first kappa shape index (κ1) is 28.1. The van der Waals surface area contributed by atoms with Gasteiger partial charge in [-0.15, -0.1) is 0 Å². The van der Waals surface area contributed by atoms with E-state index in [0.29, 0.717) is 18.4 Å². The third kappa shape index (κ3) is 5.05. The third-order valence-electron chi connectivity index (χ3n) is 8.63. The third-order valence-corrected chi connectivity index (χ3v) is 8.63. The van der Waals surface area contributed by atoms with E-state index in [4.69, 9.17) is 5.73 Å². The summed E-state index contributed by atoms with van der Waals surface area (Å²) in [6.07, 6.45) is 3.89. The Morgan fingerprint density at radius 3 is 2.42 bits per heavy atom. The predicted molar refractivity (Wildman–Crippen MR) is 146 cm³/mol. The molecule has 2 fully saturated rings. The lowest BCUT2D eigenvalue weighted by Gasteiger charge is -2.41. The van der Waals surface area contributed by atoms with E-state index in [-0.39, 0.29) is 36.1 Å². The molecule has 3 aliphatic rings. The van der Waals surface area contributed by atoms with Crippen LogP contribution in [0.25, 0.3) is 0 Å². The summed E-state index contributed by atoms with van der Waals surface area (Å²) in [4.78, 5) is 42.6. The molecule has 1 saturated heterocycles. The Morgan fingerprint density at radius 2 is 1.87 bits per heavy atom. The van der Waals surface area contributed by atoms with Crippen molar-refractivity contribution in [3.8, 4) is 6.07 Å². The lowest BCUT2D eigenvalue weighted by Crippen LogP contribution is -2.56. The van der Waals surface area contributed by atoms with E-state index in [1.807, 2.05) is 65.8 Å². The standard InChI is InChI=1S/C30H42N5O3/c1-28(2,3)23(24(32)29(4,5)6)25(36)33-22(14-18-10-9-11-18)26(37)35-17-30(15-19(35)16-31)20-12-7-8-13-21(20)34-27(30)38/h7-8,12-13,18-19,22-23H,9-11,14-15,17,32H2,1-6H3,(H,33,36)(H,34,38)/t19-,22-,23-,30-/m0/s1. The van der Waals surface area contributed by atoms with Crippen LogP contribution in [0.1, 0.15) is 79.2 Å². The Kier molecular flexibility index (Phi) is 7.39. The van der Waals surface area contributed by atoms with Gasteiger partial charge in [0, 0.05) is 18.7 Å². The van der Waals surface area contributed by atoms with Gasteiger partial charge in [-0.05, 0) is 34.8 Å². The first-order valence-corrected chi connectivity index (χ1v) is 13.7. The minimum absolute atomic E-state index is 0.114. The second kappa shape index (κ2) is 10.00. The first-order valence-electron chi connectivity index (χ1n) is 13.7. The molecule has 8 nitrogen and oxygen atoms in total. The highest BCUT2D eigenvalue weighted by molar-refractivity contribution is 6.07. The number of likely N-dealkylation sites (tertiary alicyclic amines) is 1. The topological polar surface area (TPSA) is 128 Å². The number of benzene rings is 1. The number of rotatable bonds is 6. The SMILES string of the molecule is CC(C)(C)[C](N)[C@@H](C(=O)N[C@@H](CC1CCC1)C(=O)N1C[C@]2(C[C@H]1C#N)C(=O)Nc1ccccc12)C(C)(C)C. The Labute approximate surface area is 226 Å². The van der Waals surface area contributed by atoms with Gasteiger partial charge in [-0.25, -0.2) is 0 Å². The lowest BCUT2D eigenvalue weighted by atomic mass is 9.68. The monoisotopic (exact) mass is 520 g/mol. The molecule has 0 aromatic heterocycles. The number of nitrogens with zero attached hydrogens (tertiary/aromatic N) is 2. The van der Waals surface area contributed by atoms with Gasteiger partial charge >= 0.3 is 0 Å². The number of nitrogens with one attached hydrogen (secondary N) is 2. The van der Waals surface area contributed by atoms with Crippen LogP contribution in [0.4, 0.5) is 5.69 Å². The van der Waals surface area contributed by atoms with Crippen LogP contribution in [0.15, 0.2) is 24.3 Å². The molecule has 1 spiro atoms. The quantitative estimate of drug-likeness (QED) is 0.524. The maximum atomic E-state index is 14.1. The summed E-state index contributed by atoms with van der Waals surface area (Å²) in [5.74, 6) is -1.01. The van der Waals surface area contributed by atoms with Gasteiger partial charge in [0.15, 0.2) is 0 Å². The molecule has 0 bridgehead atoms. The normalized spacial score (nSPS) is 25.0. The molecule has 1 radical (unpaired) electrons. The average Bonchev–Trinajstić information content (AvgIpc) is 3.32. The van der Waals surface area contributed by atoms with Crippen molar-refractivity contribution in [3.05, 3.63) is 35.9 Å². The molecular weight excluding hydrogens is 478 g/mol. The van der Waals surface area contributed by atoms with Crippen molar-refractivity contribution < 1.29 is 14.4 Å². The molecule has 1 aromatic rings. The van der Waals surface area contributed by atoms with Crippen molar-refractivity contribution in [1.82, 2.24) is 10.2 Å². The van der Waals surface area contributed by atoms with Crippen molar-refractivity contribution in [2.45, 2.75) is 91.1 Å². The van der Waals surface area contributed by atoms with E-state index >= 15 is 0 Å². The minimum Gasteiger partial charge on any atom is -0.344 e. The molecule has 8 heteroatoms. The number of anilines is 1. The van der Waals surface area contributed by atoms with Gasteiger partial charge in [0.2, 0.25) is 17.7 Å². The number of hydrogen-bond donors (Lipinski definition) is 3. The number of nitrogens with two attached hydrogens (primary N) is 1. The van der Waals surface area contributed by atoms with Crippen molar-refractivity contribution in [1.29, 1.82) is 5.26 Å². The summed E-state index contributed by atoms with van der Waals surface area (Å²) >= 11 is 0. The molecule has 38 heavy (non-hydrogen) atoms. The van der Waals surface area contributed by atoms with E-state index in [9.17, 15) is 19.6 Å². The molecule has 4 rings (SSSR count). The number of nitriles is 1. The van der Waals surface area contributed by atoms with Gasteiger partial charge < -0.3 is 21.3 Å². The summed E-state index contributed by atoms with van der Waals surface area (Å²) in [6.45, 7) is 12.0. The van der Waals surface area contributed by atoms with E-state index in [1.54, 1.807) is 0 Å². The molecule has 1 aliphatic carbocycles. The largest absolute Gasteiger partial charge is 0.344 e. The van der Waals surface area contributed by atoms with Crippen molar-refractivity contribution in [2.75, 3.05) is 11.9 Å². The zero-order valence-corrected chi connectivity index (χ0v) is 23.6. The molecule has 2 heterocycles. The summed E-state index contributed by atoms with van der Waals surface area (Å²) in [5.41, 5.74) is 6.29. The number of para-hydroxylation sites is 1. The van der Waals surface area contributed by atoms with Crippen LogP contribution in [-0.4, -0.2) is 41.2 Å². The summed E-state index contributed by atoms with van der Waals surface area (Å²) in [5, 5.41) is 16.0.